The Bertz CT molecular complexity index is 578. The number of thiophene rings is 1. The zero-order valence-corrected chi connectivity index (χ0v) is 11.8. The maximum absolute atomic E-state index is 12.0. The van der Waals surface area contributed by atoms with Gasteiger partial charge in [-0.2, -0.15) is 0 Å². The summed E-state index contributed by atoms with van der Waals surface area (Å²) in [7, 11) is 1.58. The van der Waals surface area contributed by atoms with Crippen LogP contribution >= 0.6 is 24.0 Å². The fraction of sp³-hybridized carbons (Fsp3) is 0.154. The molecule has 94 valence electrons. The minimum Gasteiger partial charge on any atom is -0.495 e. The summed E-state index contributed by atoms with van der Waals surface area (Å²) in [4.78, 5) is 13.4. The van der Waals surface area contributed by atoms with Crippen LogP contribution < -0.4 is 10.1 Å². The average Bonchev–Trinajstić information content (AvgIpc) is 2.76. The number of nitrogens with one attached hydrogen (secondary N) is 1. The van der Waals surface area contributed by atoms with Gasteiger partial charge in [0.05, 0.1) is 17.7 Å². The molecule has 0 atom stereocenters. The lowest BCUT2D eigenvalue weighted by Gasteiger charge is -2.10. The Morgan fingerprint density at radius 1 is 1.39 bits per heavy atom. The number of hydrogen-bond donors (Lipinski definition) is 2. The molecule has 1 heterocycles. The summed E-state index contributed by atoms with van der Waals surface area (Å²) < 4.78 is 5.22. The van der Waals surface area contributed by atoms with Crippen molar-refractivity contribution < 1.29 is 9.53 Å². The van der Waals surface area contributed by atoms with Gasteiger partial charge in [-0.05, 0) is 30.7 Å². The molecule has 5 heteroatoms. The van der Waals surface area contributed by atoms with Crippen molar-refractivity contribution in [1.82, 2.24) is 0 Å². The summed E-state index contributed by atoms with van der Waals surface area (Å²) in [6.45, 7) is 1.96. The molecule has 0 bridgehead atoms. The zero-order valence-electron chi connectivity index (χ0n) is 10.1. The Morgan fingerprint density at radius 3 is 2.78 bits per heavy atom. The predicted octanol–water partition coefficient (Wildman–Crippen LogP) is 3.61. The molecule has 0 saturated carbocycles. The van der Waals surface area contributed by atoms with Crippen molar-refractivity contribution in [2.24, 2.45) is 0 Å². The first-order valence-corrected chi connectivity index (χ1v) is 6.66. The number of benzene rings is 1. The number of amides is 1. The van der Waals surface area contributed by atoms with E-state index in [1.807, 2.05) is 30.5 Å². The van der Waals surface area contributed by atoms with Crippen LogP contribution in [0, 0.1) is 6.92 Å². The summed E-state index contributed by atoms with van der Waals surface area (Å²) >= 11 is 5.55. The summed E-state index contributed by atoms with van der Waals surface area (Å²) in [6.07, 6.45) is 0. The third-order valence-corrected chi connectivity index (χ3v) is 3.77. The van der Waals surface area contributed by atoms with E-state index in [0.29, 0.717) is 16.3 Å². The van der Waals surface area contributed by atoms with E-state index in [1.165, 1.54) is 11.3 Å². The molecule has 0 saturated heterocycles. The molecule has 0 spiro atoms. The average molecular weight is 279 g/mol. The lowest BCUT2D eigenvalue weighted by molar-refractivity contribution is 0.103. The molecule has 0 radical (unpaired) electrons. The lowest BCUT2D eigenvalue weighted by Crippen LogP contribution is -2.11. The summed E-state index contributed by atoms with van der Waals surface area (Å²) in [5.74, 6) is 0.501. The first-order valence-electron chi connectivity index (χ1n) is 5.33. The predicted molar refractivity (Wildman–Crippen MR) is 77.3 cm³/mol. The molecule has 1 amide bonds. The maximum Gasteiger partial charge on any atom is 0.265 e. The third-order valence-electron chi connectivity index (χ3n) is 2.41. The molecule has 18 heavy (non-hydrogen) atoms. The van der Waals surface area contributed by atoms with Gasteiger partial charge in [-0.3, -0.25) is 4.79 Å². The van der Waals surface area contributed by atoms with E-state index in [4.69, 9.17) is 4.74 Å². The number of methoxy groups -OCH3 is 1. The van der Waals surface area contributed by atoms with Crippen LogP contribution in [-0.4, -0.2) is 13.0 Å². The molecule has 0 aliphatic rings. The van der Waals surface area contributed by atoms with Crippen molar-refractivity contribution in [2.45, 2.75) is 11.8 Å². The summed E-state index contributed by atoms with van der Waals surface area (Å²) in [5, 5.41) is 4.67. The summed E-state index contributed by atoms with van der Waals surface area (Å²) in [5.41, 5.74) is 1.74. The normalized spacial score (nSPS) is 10.2. The van der Waals surface area contributed by atoms with E-state index >= 15 is 0 Å². The van der Waals surface area contributed by atoms with Gasteiger partial charge >= 0.3 is 0 Å². The topological polar surface area (TPSA) is 38.3 Å². The molecule has 0 aliphatic carbocycles. The standard InChI is InChI=1S/C13H13NO2S2/c1-8-3-4-11(16-2)10(5-8)14-13(15)12-6-9(17)7-18-12/h3-7,17H,1-2H3,(H,14,15). The van der Waals surface area contributed by atoms with Crippen LogP contribution in [0.2, 0.25) is 0 Å². The first-order chi connectivity index (χ1) is 8.60. The number of carbonyl (C=O) groups excluding carboxylic acids is 1. The van der Waals surface area contributed by atoms with Crippen LogP contribution in [0.3, 0.4) is 0 Å². The van der Waals surface area contributed by atoms with E-state index < -0.39 is 0 Å². The van der Waals surface area contributed by atoms with Crippen molar-refractivity contribution in [1.29, 1.82) is 0 Å². The van der Waals surface area contributed by atoms with E-state index in [1.54, 1.807) is 13.2 Å². The van der Waals surface area contributed by atoms with Gasteiger partial charge in [0.25, 0.3) is 5.91 Å². The molecule has 1 N–H and O–H groups in total. The smallest absolute Gasteiger partial charge is 0.265 e. The van der Waals surface area contributed by atoms with Gasteiger partial charge in [0.2, 0.25) is 0 Å². The Kier molecular flexibility index (Phi) is 3.93. The van der Waals surface area contributed by atoms with Gasteiger partial charge in [0, 0.05) is 10.3 Å². The molecule has 2 aromatic rings. The highest BCUT2D eigenvalue weighted by molar-refractivity contribution is 7.80. The van der Waals surface area contributed by atoms with Gasteiger partial charge in [0.15, 0.2) is 0 Å². The van der Waals surface area contributed by atoms with Gasteiger partial charge in [-0.15, -0.1) is 24.0 Å². The van der Waals surface area contributed by atoms with Crippen molar-refractivity contribution in [3.05, 3.63) is 40.1 Å². The van der Waals surface area contributed by atoms with Crippen LogP contribution in [0.15, 0.2) is 34.5 Å². The molecule has 1 aromatic carbocycles. The Hall–Kier alpha value is -1.46. The summed E-state index contributed by atoms with van der Waals surface area (Å²) in [6, 6.07) is 7.40. The number of thiol groups is 1. The number of rotatable bonds is 3. The maximum atomic E-state index is 12.0. The van der Waals surface area contributed by atoms with Gasteiger partial charge in [-0.1, -0.05) is 6.07 Å². The largest absolute Gasteiger partial charge is 0.495 e. The minimum absolute atomic E-state index is 0.149. The molecule has 0 aliphatic heterocycles. The quantitative estimate of drug-likeness (QED) is 0.842. The third kappa shape index (κ3) is 2.86. The molecule has 2 rings (SSSR count). The second-order valence-electron chi connectivity index (χ2n) is 3.83. The molecular formula is C13H13NO2S2. The van der Waals surface area contributed by atoms with E-state index in [2.05, 4.69) is 17.9 Å². The lowest BCUT2D eigenvalue weighted by atomic mass is 10.2. The number of aryl methyl sites for hydroxylation is 1. The van der Waals surface area contributed by atoms with E-state index in [0.717, 1.165) is 10.5 Å². The Balaban J connectivity index is 2.23. The molecular weight excluding hydrogens is 266 g/mol. The monoisotopic (exact) mass is 279 g/mol. The SMILES string of the molecule is COc1ccc(C)cc1NC(=O)c1cc(S)cs1. The molecule has 3 nitrogen and oxygen atoms in total. The molecule has 0 unspecified atom stereocenters. The van der Waals surface area contributed by atoms with E-state index in [-0.39, 0.29) is 5.91 Å². The van der Waals surface area contributed by atoms with Crippen LogP contribution in [0.1, 0.15) is 15.2 Å². The van der Waals surface area contributed by atoms with Crippen molar-refractivity contribution in [3.63, 3.8) is 0 Å². The first kappa shape index (κ1) is 13.0. The van der Waals surface area contributed by atoms with E-state index in [9.17, 15) is 4.79 Å². The van der Waals surface area contributed by atoms with Crippen LogP contribution in [-0.2, 0) is 0 Å². The van der Waals surface area contributed by atoms with Crippen LogP contribution in [0.5, 0.6) is 5.75 Å². The molecule has 0 fully saturated rings. The highest BCUT2D eigenvalue weighted by atomic mass is 32.1. The second-order valence-corrected chi connectivity index (χ2v) is 5.25. The van der Waals surface area contributed by atoms with Crippen molar-refractivity contribution in [3.8, 4) is 5.75 Å². The number of hydrogen-bond acceptors (Lipinski definition) is 4. The van der Waals surface area contributed by atoms with Crippen LogP contribution in [0.25, 0.3) is 0 Å². The van der Waals surface area contributed by atoms with Crippen LogP contribution in [0.4, 0.5) is 5.69 Å². The van der Waals surface area contributed by atoms with Gasteiger partial charge in [-0.25, -0.2) is 0 Å². The fourth-order valence-corrected chi connectivity index (χ4v) is 2.59. The van der Waals surface area contributed by atoms with Gasteiger partial charge in [0.1, 0.15) is 5.75 Å². The number of carbonyl (C=O) groups is 1. The van der Waals surface area contributed by atoms with Crippen molar-refractivity contribution >= 4 is 35.6 Å². The second kappa shape index (κ2) is 5.46. The molecule has 1 aromatic heterocycles. The Morgan fingerprint density at radius 2 is 2.17 bits per heavy atom. The highest BCUT2D eigenvalue weighted by Crippen LogP contribution is 2.26. The van der Waals surface area contributed by atoms with Gasteiger partial charge < -0.3 is 10.1 Å². The number of ether oxygens (including phenoxy) is 1. The fourth-order valence-electron chi connectivity index (χ4n) is 1.55. The minimum atomic E-state index is -0.149. The highest BCUT2D eigenvalue weighted by Gasteiger charge is 2.11. The zero-order chi connectivity index (χ0) is 13.1. The Labute approximate surface area is 115 Å². The number of anilines is 1. The van der Waals surface area contributed by atoms with Crippen molar-refractivity contribution in [2.75, 3.05) is 12.4 Å².